The van der Waals surface area contributed by atoms with E-state index in [0.717, 1.165) is 12.1 Å². The molecule has 3 rings (SSSR count). The fourth-order valence-corrected chi connectivity index (χ4v) is 2.90. The van der Waals surface area contributed by atoms with Gasteiger partial charge in [-0.05, 0) is 30.2 Å². The fourth-order valence-electron chi connectivity index (χ4n) is 2.90. The molecule has 0 saturated carbocycles. The lowest BCUT2D eigenvalue weighted by molar-refractivity contribution is -0.137. The molecule has 0 amide bonds. The van der Waals surface area contributed by atoms with E-state index in [1.165, 1.54) is 19.1 Å². The normalized spacial score (nSPS) is 17.5. The molecule has 2 aromatic carbocycles. The van der Waals surface area contributed by atoms with Gasteiger partial charge in [-0.3, -0.25) is 4.79 Å². The summed E-state index contributed by atoms with van der Waals surface area (Å²) in [5.41, 5.74) is 6.72. The van der Waals surface area contributed by atoms with Crippen LogP contribution >= 0.6 is 0 Å². The molecule has 0 saturated heterocycles. The van der Waals surface area contributed by atoms with Crippen LogP contribution in [0.15, 0.2) is 65.2 Å². The Kier molecular flexibility index (Phi) is 4.54. The predicted molar refractivity (Wildman–Crippen MR) is 93.0 cm³/mol. The average molecular weight is 359 g/mol. The van der Waals surface area contributed by atoms with E-state index in [1.807, 2.05) is 6.07 Å². The molecule has 7 heteroatoms. The largest absolute Gasteiger partial charge is 0.416 e. The summed E-state index contributed by atoms with van der Waals surface area (Å²) < 4.78 is 39.2. The van der Waals surface area contributed by atoms with E-state index in [9.17, 15) is 18.0 Å². The molecule has 0 spiro atoms. The number of carbonyl (C=O) groups excluding carboxylic acids is 1. The lowest BCUT2D eigenvalue weighted by Gasteiger charge is -2.26. The number of hydrogen-bond donors (Lipinski definition) is 2. The third-order valence-corrected chi connectivity index (χ3v) is 4.04. The van der Waals surface area contributed by atoms with E-state index in [0.29, 0.717) is 11.3 Å². The Labute approximate surface area is 148 Å². The van der Waals surface area contributed by atoms with Crippen molar-refractivity contribution in [3.05, 3.63) is 76.9 Å². The van der Waals surface area contributed by atoms with E-state index < -0.39 is 17.8 Å². The zero-order valence-electron chi connectivity index (χ0n) is 13.8. The zero-order chi connectivity index (χ0) is 18.9. The maximum absolute atomic E-state index is 13.1. The number of hydrogen-bond acceptors (Lipinski definition) is 4. The van der Waals surface area contributed by atoms with Crippen molar-refractivity contribution in [2.75, 3.05) is 0 Å². The Morgan fingerprint density at radius 1 is 1.12 bits per heavy atom. The molecule has 1 aliphatic rings. The minimum absolute atomic E-state index is 0.0382. The highest BCUT2D eigenvalue weighted by atomic mass is 19.4. The highest BCUT2D eigenvalue weighted by Crippen LogP contribution is 2.37. The molecule has 26 heavy (non-hydrogen) atoms. The van der Waals surface area contributed by atoms with Crippen molar-refractivity contribution in [1.29, 1.82) is 0 Å². The van der Waals surface area contributed by atoms with Gasteiger partial charge in [0.15, 0.2) is 11.7 Å². The van der Waals surface area contributed by atoms with E-state index in [4.69, 9.17) is 5.73 Å². The zero-order valence-corrected chi connectivity index (χ0v) is 13.8. The Morgan fingerprint density at radius 2 is 1.81 bits per heavy atom. The number of aliphatic imine (C=N–C) groups is 1. The number of nitrogens with one attached hydrogen (secondary N) is 1. The molecule has 0 fully saturated rings. The first kappa shape index (κ1) is 17.7. The summed E-state index contributed by atoms with van der Waals surface area (Å²) >= 11 is 0. The molecule has 1 atom stereocenters. The van der Waals surface area contributed by atoms with Crippen LogP contribution in [0, 0.1) is 0 Å². The second-order valence-corrected chi connectivity index (χ2v) is 5.88. The number of nitrogens with two attached hydrogens (primary N) is 1. The van der Waals surface area contributed by atoms with Gasteiger partial charge in [-0.2, -0.15) is 13.2 Å². The highest BCUT2D eigenvalue weighted by Gasteiger charge is 2.33. The smallest absolute Gasteiger partial charge is 0.370 e. The third-order valence-electron chi connectivity index (χ3n) is 4.04. The average Bonchev–Trinajstić information content (AvgIpc) is 2.61. The molecular weight excluding hydrogens is 343 g/mol. The summed E-state index contributed by atoms with van der Waals surface area (Å²) in [5.74, 6) is -0.258. The van der Waals surface area contributed by atoms with Crippen molar-refractivity contribution >= 4 is 17.4 Å². The van der Waals surface area contributed by atoms with Gasteiger partial charge in [-0.15, -0.1) is 0 Å². The Hall–Kier alpha value is -3.09. The van der Waals surface area contributed by atoms with Gasteiger partial charge in [0.2, 0.25) is 0 Å². The number of benzene rings is 2. The summed E-state index contributed by atoms with van der Waals surface area (Å²) in [4.78, 5) is 16.5. The summed E-state index contributed by atoms with van der Waals surface area (Å²) in [6.07, 6.45) is -4.49. The lowest BCUT2D eigenvalue weighted by atomic mass is 9.90. The van der Waals surface area contributed by atoms with Crippen LogP contribution in [0.3, 0.4) is 0 Å². The second kappa shape index (κ2) is 6.67. The first-order valence-electron chi connectivity index (χ1n) is 7.85. The van der Waals surface area contributed by atoms with Crippen LogP contribution in [-0.2, 0) is 11.0 Å². The van der Waals surface area contributed by atoms with Crippen LogP contribution in [0.25, 0.3) is 5.70 Å². The van der Waals surface area contributed by atoms with E-state index in [1.54, 1.807) is 24.3 Å². The van der Waals surface area contributed by atoms with Crippen molar-refractivity contribution in [3.8, 4) is 0 Å². The molecule has 4 nitrogen and oxygen atoms in total. The van der Waals surface area contributed by atoms with E-state index >= 15 is 0 Å². The number of carbonyl (C=O) groups is 1. The number of halogens is 3. The second-order valence-electron chi connectivity index (χ2n) is 5.88. The molecule has 0 aromatic heterocycles. The number of alkyl halides is 3. The number of nitrogens with zero attached hydrogens (tertiary/aromatic N) is 1. The summed E-state index contributed by atoms with van der Waals surface area (Å²) in [6.45, 7) is 1.36. The fraction of sp³-hybridized carbons (Fsp3) is 0.158. The Balaban J connectivity index is 2.17. The standard InChI is InChI=1S/C19H16F3N3O/c1-11(26)15-16(12-6-3-2-4-7-12)24-18(23)25-17(15)13-8-5-9-14(10-13)19(20,21)22/h2-10,17H,1H3,(H3,23,24,25). The van der Waals surface area contributed by atoms with Crippen LogP contribution in [0.2, 0.25) is 0 Å². The Bertz CT molecular complexity index is 902. The molecule has 1 aliphatic heterocycles. The van der Waals surface area contributed by atoms with Gasteiger partial charge in [0, 0.05) is 5.57 Å². The maximum Gasteiger partial charge on any atom is 0.416 e. The van der Waals surface area contributed by atoms with Crippen LogP contribution in [0.1, 0.15) is 29.7 Å². The van der Waals surface area contributed by atoms with Gasteiger partial charge in [0.05, 0.1) is 11.3 Å². The molecule has 0 radical (unpaired) electrons. The number of guanidine groups is 1. The molecule has 0 aliphatic carbocycles. The number of Topliss-reactive ketones (excluding diaryl/α,β-unsaturated/α-hetero) is 1. The number of rotatable bonds is 3. The summed E-state index contributed by atoms with van der Waals surface area (Å²) in [7, 11) is 0. The van der Waals surface area contributed by atoms with E-state index in [2.05, 4.69) is 10.3 Å². The van der Waals surface area contributed by atoms with Crippen molar-refractivity contribution in [3.63, 3.8) is 0 Å². The van der Waals surface area contributed by atoms with Crippen molar-refractivity contribution in [1.82, 2.24) is 5.32 Å². The molecule has 0 bridgehead atoms. The molecule has 1 heterocycles. The maximum atomic E-state index is 13.1. The monoisotopic (exact) mass is 359 g/mol. The predicted octanol–water partition coefficient (Wildman–Crippen LogP) is 3.66. The van der Waals surface area contributed by atoms with Crippen LogP contribution in [0.5, 0.6) is 0 Å². The molecule has 134 valence electrons. The quantitative estimate of drug-likeness (QED) is 0.879. The minimum Gasteiger partial charge on any atom is -0.370 e. The number of ketones is 1. The SMILES string of the molecule is CC(=O)C1=C(c2ccccc2)NC(N)=NC1c1cccc(C(F)(F)F)c1. The van der Waals surface area contributed by atoms with Gasteiger partial charge in [-0.25, -0.2) is 4.99 Å². The molecule has 2 aromatic rings. The first-order valence-corrected chi connectivity index (χ1v) is 7.85. The third kappa shape index (κ3) is 3.46. The van der Waals surface area contributed by atoms with Crippen molar-refractivity contribution < 1.29 is 18.0 Å². The van der Waals surface area contributed by atoms with Crippen molar-refractivity contribution in [2.45, 2.75) is 19.1 Å². The van der Waals surface area contributed by atoms with E-state index in [-0.39, 0.29) is 22.9 Å². The summed E-state index contributed by atoms with van der Waals surface area (Å²) in [5, 5.41) is 2.87. The van der Waals surface area contributed by atoms with Gasteiger partial charge in [0.1, 0.15) is 6.04 Å². The molecule has 3 N–H and O–H groups in total. The Morgan fingerprint density at radius 3 is 2.42 bits per heavy atom. The van der Waals surface area contributed by atoms with Crippen molar-refractivity contribution in [2.24, 2.45) is 10.7 Å². The summed E-state index contributed by atoms with van der Waals surface area (Å²) in [6, 6.07) is 12.9. The van der Waals surface area contributed by atoms with Gasteiger partial charge in [-0.1, -0.05) is 42.5 Å². The topological polar surface area (TPSA) is 67.5 Å². The minimum atomic E-state index is -4.49. The van der Waals surface area contributed by atoms with Gasteiger partial charge < -0.3 is 11.1 Å². The van der Waals surface area contributed by atoms with Crippen LogP contribution < -0.4 is 11.1 Å². The molecular formula is C19H16F3N3O. The highest BCUT2D eigenvalue weighted by molar-refractivity contribution is 6.06. The van der Waals surface area contributed by atoms with Crippen LogP contribution in [-0.4, -0.2) is 11.7 Å². The molecule has 1 unspecified atom stereocenters. The van der Waals surface area contributed by atoms with Gasteiger partial charge in [0.25, 0.3) is 0 Å². The lowest BCUT2D eigenvalue weighted by Crippen LogP contribution is -2.36. The first-order chi connectivity index (χ1) is 12.3. The van der Waals surface area contributed by atoms with Gasteiger partial charge >= 0.3 is 6.18 Å². The van der Waals surface area contributed by atoms with Crippen LogP contribution in [0.4, 0.5) is 13.2 Å².